The lowest BCUT2D eigenvalue weighted by molar-refractivity contribution is -0.125. The number of amides is 1. The number of rotatable bonds is 1. The molecule has 0 saturated heterocycles. The summed E-state index contributed by atoms with van der Waals surface area (Å²) in [5.74, 6) is -0.252. The molecule has 0 aliphatic carbocycles. The maximum Gasteiger partial charge on any atom is 0.260 e. The van der Waals surface area contributed by atoms with E-state index in [1.807, 2.05) is 24.5 Å². The Bertz CT molecular complexity index is 392. The van der Waals surface area contributed by atoms with Crippen molar-refractivity contribution >= 4 is 23.4 Å². The Kier molecular flexibility index (Phi) is 2.25. The van der Waals surface area contributed by atoms with Crippen LogP contribution in [-0.2, 0) is 4.79 Å². The Morgan fingerprint density at radius 3 is 2.86 bits per heavy atom. The topological polar surface area (TPSA) is 40.5 Å². The third-order valence-corrected chi connectivity index (χ3v) is 3.18. The van der Waals surface area contributed by atoms with Gasteiger partial charge >= 0.3 is 0 Å². The van der Waals surface area contributed by atoms with Crippen molar-refractivity contribution in [3.63, 3.8) is 0 Å². The zero-order chi connectivity index (χ0) is 10.3. The number of hydrogen-bond donors (Lipinski definition) is 1. The third kappa shape index (κ3) is 1.22. The molecule has 1 N–H and O–H groups in total. The van der Waals surface area contributed by atoms with Crippen LogP contribution in [0.3, 0.4) is 0 Å². The molecule has 0 fully saturated rings. The van der Waals surface area contributed by atoms with Crippen molar-refractivity contribution < 1.29 is 9.90 Å². The highest BCUT2D eigenvalue weighted by Crippen LogP contribution is 2.36. The fourth-order valence-corrected chi connectivity index (χ4v) is 2.04. The molecule has 1 atom stereocenters. The lowest BCUT2D eigenvalue weighted by Crippen LogP contribution is -2.23. The predicted molar refractivity (Wildman–Crippen MR) is 56.6 cm³/mol. The number of aliphatic hydroxyl groups is 1. The second-order valence-electron chi connectivity index (χ2n) is 3.22. The van der Waals surface area contributed by atoms with E-state index in [-0.39, 0.29) is 5.91 Å². The molecule has 1 aliphatic heterocycles. The van der Waals surface area contributed by atoms with Crippen LogP contribution in [0, 0.1) is 0 Å². The Balaban J connectivity index is 2.53. The number of carbonyl (C=O) groups is 1. The van der Waals surface area contributed by atoms with Crippen molar-refractivity contribution in [1.82, 2.24) is 0 Å². The number of aliphatic hydroxyl groups excluding tert-OH is 1. The molecule has 1 aromatic rings. The fraction of sp³-hybridized carbons (Fsp3) is 0.300. The first-order valence-corrected chi connectivity index (χ1v) is 5.51. The van der Waals surface area contributed by atoms with Gasteiger partial charge in [-0.1, -0.05) is 6.07 Å². The molecule has 0 spiro atoms. The first kappa shape index (κ1) is 9.55. The molecule has 1 unspecified atom stereocenters. The van der Waals surface area contributed by atoms with Gasteiger partial charge in [0.25, 0.3) is 5.91 Å². The normalized spacial score (nSPS) is 20.1. The Morgan fingerprint density at radius 1 is 1.50 bits per heavy atom. The second-order valence-corrected chi connectivity index (χ2v) is 4.10. The maximum atomic E-state index is 11.4. The highest BCUT2D eigenvalue weighted by molar-refractivity contribution is 7.98. The number of nitrogens with zero attached hydrogens (tertiary/aromatic N) is 1. The standard InChI is InChI=1S/C10H11NO2S/c1-11-8-5-6(14-2)3-4-7(8)9(12)10(11)13/h3-5,9,12H,1-2H3. The highest BCUT2D eigenvalue weighted by atomic mass is 32.2. The summed E-state index contributed by atoms with van der Waals surface area (Å²) in [6.07, 6.45) is 1.00. The first-order valence-electron chi connectivity index (χ1n) is 4.28. The Labute approximate surface area is 86.7 Å². The maximum absolute atomic E-state index is 11.4. The number of hydrogen-bond acceptors (Lipinski definition) is 3. The summed E-state index contributed by atoms with van der Waals surface area (Å²) in [6.45, 7) is 0. The van der Waals surface area contributed by atoms with E-state index >= 15 is 0 Å². The molecule has 14 heavy (non-hydrogen) atoms. The second kappa shape index (κ2) is 3.29. The molecule has 4 heteroatoms. The minimum atomic E-state index is -0.981. The van der Waals surface area contributed by atoms with Gasteiger partial charge in [-0.2, -0.15) is 0 Å². The Morgan fingerprint density at radius 2 is 2.21 bits per heavy atom. The number of thioether (sulfide) groups is 1. The van der Waals surface area contributed by atoms with Gasteiger partial charge in [-0.25, -0.2) is 0 Å². The number of carbonyl (C=O) groups excluding carboxylic acids is 1. The van der Waals surface area contributed by atoms with E-state index in [9.17, 15) is 9.90 Å². The van der Waals surface area contributed by atoms with Gasteiger partial charge < -0.3 is 10.0 Å². The predicted octanol–water partition coefficient (Wildman–Crippen LogP) is 1.42. The third-order valence-electron chi connectivity index (χ3n) is 2.46. The minimum Gasteiger partial charge on any atom is -0.378 e. The molecule has 3 nitrogen and oxygen atoms in total. The van der Waals surface area contributed by atoms with E-state index in [2.05, 4.69) is 0 Å². The average molecular weight is 209 g/mol. The lowest BCUT2D eigenvalue weighted by atomic mass is 10.1. The lowest BCUT2D eigenvalue weighted by Gasteiger charge is -2.09. The molecule has 1 aromatic carbocycles. The van der Waals surface area contributed by atoms with E-state index < -0.39 is 6.10 Å². The van der Waals surface area contributed by atoms with Crippen molar-refractivity contribution in [3.05, 3.63) is 23.8 Å². The molecular formula is C10H11NO2S. The zero-order valence-corrected chi connectivity index (χ0v) is 8.84. The van der Waals surface area contributed by atoms with E-state index in [1.54, 1.807) is 18.8 Å². The molecule has 1 aliphatic rings. The zero-order valence-electron chi connectivity index (χ0n) is 8.02. The van der Waals surface area contributed by atoms with Crippen LogP contribution in [-0.4, -0.2) is 24.3 Å². The van der Waals surface area contributed by atoms with Gasteiger partial charge in [0.15, 0.2) is 6.10 Å². The smallest absolute Gasteiger partial charge is 0.260 e. The number of benzene rings is 1. The van der Waals surface area contributed by atoms with Crippen molar-refractivity contribution in [3.8, 4) is 0 Å². The van der Waals surface area contributed by atoms with E-state index in [4.69, 9.17) is 0 Å². The summed E-state index contributed by atoms with van der Waals surface area (Å²) >= 11 is 1.62. The van der Waals surface area contributed by atoms with Crippen LogP contribution in [0.1, 0.15) is 11.7 Å². The van der Waals surface area contributed by atoms with Crippen molar-refractivity contribution in [1.29, 1.82) is 0 Å². The van der Waals surface area contributed by atoms with Crippen LogP contribution in [0.2, 0.25) is 0 Å². The summed E-state index contributed by atoms with van der Waals surface area (Å²) in [4.78, 5) is 14.0. The van der Waals surface area contributed by atoms with Gasteiger partial charge in [-0.05, 0) is 18.4 Å². The number of likely N-dealkylation sites (N-methyl/N-ethyl adjacent to an activating group) is 1. The molecule has 0 bridgehead atoms. The van der Waals surface area contributed by atoms with Gasteiger partial charge in [-0.15, -0.1) is 11.8 Å². The number of fused-ring (bicyclic) bond motifs is 1. The van der Waals surface area contributed by atoms with Crippen molar-refractivity contribution in [2.45, 2.75) is 11.0 Å². The highest BCUT2D eigenvalue weighted by Gasteiger charge is 2.33. The summed E-state index contributed by atoms with van der Waals surface area (Å²) in [7, 11) is 1.68. The van der Waals surface area contributed by atoms with Crippen molar-refractivity contribution in [2.24, 2.45) is 0 Å². The molecule has 0 radical (unpaired) electrons. The van der Waals surface area contributed by atoms with Gasteiger partial charge in [0.2, 0.25) is 0 Å². The van der Waals surface area contributed by atoms with Crippen LogP contribution < -0.4 is 4.90 Å². The molecule has 2 rings (SSSR count). The summed E-state index contributed by atoms with van der Waals surface area (Å²) in [5, 5.41) is 9.59. The molecule has 0 saturated carbocycles. The van der Waals surface area contributed by atoms with Crippen molar-refractivity contribution in [2.75, 3.05) is 18.2 Å². The van der Waals surface area contributed by atoms with Crippen LogP contribution in [0.15, 0.2) is 23.1 Å². The molecule has 1 heterocycles. The SMILES string of the molecule is CSc1ccc2c(c1)N(C)C(=O)C2O. The Hall–Kier alpha value is -1.00. The molecule has 0 aromatic heterocycles. The van der Waals surface area contributed by atoms with Gasteiger partial charge in [-0.3, -0.25) is 4.79 Å². The quantitative estimate of drug-likeness (QED) is 0.711. The molecule has 1 amide bonds. The van der Waals surface area contributed by atoms with Crippen LogP contribution in [0.5, 0.6) is 0 Å². The summed E-state index contributed by atoms with van der Waals surface area (Å²) < 4.78 is 0. The van der Waals surface area contributed by atoms with Gasteiger partial charge in [0, 0.05) is 17.5 Å². The van der Waals surface area contributed by atoms with Crippen LogP contribution in [0.25, 0.3) is 0 Å². The van der Waals surface area contributed by atoms with Gasteiger partial charge in [0.1, 0.15) is 0 Å². The average Bonchev–Trinajstić information content (AvgIpc) is 2.44. The van der Waals surface area contributed by atoms with E-state index in [0.29, 0.717) is 5.56 Å². The summed E-state index contributed by atoms with van der Waals surface area (Å²) in [6, 6.07) is 5.65. The van der Waals surface area contributed by atoms with Crippen LogP contribution in [0.4, 0.5) is 5.69 Å². The minimum absolute atomic E-state index is 0.252. The summed E-state index contributed by atoms with van der Waals surface area (Å²) in [5.41, 5.74) is 1.52. The molecular weight excluding hydrogens is 198 g/mol. The van der Waals surface area contributed by atoms with Crippen LogP contribution >= 0.6 is 11.8 Å². The fourth-order valence-electron chi connectivity index (χ4n) is 1.61. The molecule has 74 valence electrons. The largest absolute Gasteiger partial charge is 0.378 e. The van der Waals surface area contributed by atoms with E-state index in [1.165, 1.54) is 4.90 Å². The monoisotopic (exact) mass is 209 g/mol. The number of anilines is 1. The first-order chi connectivity index (χ1) is 6.65. The van der Waals surface area contributed by atoms with Gasteiger partial charge in [0.05, 0.1) is 5.69 Å². The van der Waals surface area contributed by atoms with E-state index in [0.717, 1.165) is 10.6 Å².